The lowest BCUT2D eigenvalue weighted by Crippen LogP contribution is -2.55. The first kappa shape index (κ1) is 17.6. The van der Waals surface area contributed by atoms with E-state index in [4.69, 9.17) is 5.26 Å². The lowest BCUT2D eigenvalue weighted by Gasteiger charge is -2.46. The van der Waals surface area contributed by atoms with E-state index in [0.29, 0.717) is 17.1 Å². The van der Waals surface area contributed by atoms with Gasteiger partial charge in [0.1, 0.15) is 24.0 Å². The molecule has 0 radical (unpaired) electrons. The minimum atomic E-state index is 0.287. The van der Waals surface area contributed by atoms with Crippen LogP contribution in [0.2, 0.25) is 0 Å². The summed E-state index contributed by atoms with van der Waals surface area (Å²) in [7, 11) is 2.20. The summed E-state index contributed by atoms with van der Waals surface area (Å²) < 4.78 is 1.97. The largest absolute Gasteiger partial charge is 0.371 e. The Morgan fingerprint density at radius 3 is 2.48 bits per heavy atom. The fourth-order valence-electron chi connectivity index (χ4n) is 4.46. The van der Waals surface area contributed by atoms with Crippen LogP contribution in [0.4, 0.5) is 17.3 Å². The molecule has 29 heavy (non-hydrogen) atoms. The molecular formula is C21H22N8. The second kappa shape index (κ2) is 6.87. The van der Waals surface area contributed by atoms with Gasteiger partial charge in [-0.05, 0) is 37.7 Å². The maximum Gasteiger partial charge on any atom is 0.158 e. The summed E-state index contributed by atoms with van der Waals surface area (Å²) >= 11 is 0. The predicted molar refractivity (Wildman–Crippen MR) is 110 cm³/mol. The van der Waals surface area contributed by atoms with Gasteiger partial charge in [-0.2, -0.15) is 5.26 Å². The van der Waals surface area contributed by atoms with Crippen molar-refractivity contribution in [2.75, 3.05) is 43.4 Å². The molecule has 8 heteroatoms. The lowest BCUT2D eigenvalue weighted by molar-refractivity contribution is 0.0424. The van der Waals surface area contributed by atoms with Crippen molar-refractivity contribution in [2.24, 2.45) is 5.41 Å². The van der Waals surface area contributed by atoms with Crippen molar-refractivity contribution in [1.29, 1.82) is 5.26 Å². The highest BCUT2D eigenvalue weighted by molar-refractivity contribution is 5.54. The van der Waals surface area contributed by atoms with Crippen LogP contribution in [-0.4, -0.2) is 57.6 Å². The van der Waals surface area contributed by atoms with Gasteiger partial charge in [0.15, 0.2) is 5.69 Å². The smallest absolute Gasteiger partial charge is 0.158 e. The fourth-order valence-corrected chi connectivity index (χ4v) is 4.46. The number of benzene rings is 1. The number of nitrogens with zero attached hydrogens (tertiary/aromatic N) is 7. The standard InChI is InChI=1S/C21H22N8/c1-27-12-21(13-27)6-7-28(14-21)17-2-4-18(5-3-17)29-11-20(25-15-29)26-19-10-23-16(8-22)9-24-19/h2-5,9-11,15H,6-7,12-14H2,1H3,(H,24,26). The summed E-state index contributed by atoms with van der Waals surface area (Å²) in [5.74, 6) is 1.22. The molecule has 1 aromatic carbocycles. The third kappa shape index (κ3) is 3.41. The zero-order valence-corrected chi connectivity index (χ0v) is 16.3. The van der Waals surface area contributed by atoms with Gasteiger partial charge in [-0.25, -0.2) is 15.0 Å². The summed E-state index contributed by atoms with van der Waals surface area (Å²) in [6, 6.07) is 10.6. The van der Waals surface area contributed by atoms with E-state index in [-0.39, 0.29) is 5.69 Å². The molecule has 3 aromatic rings. The SMILES string of the molecule is CN1CC2(CCN(c3ccc(-n4cnc(Nc5cnc(C#N)cn5)c4)cc3)C2)C1. The van der Waals surface area contributed by atoms with Crippen molar-refractivity contribution < 1.29 is 0 Å². The molecule has 2 aromatic heterocycles. The molecule has 2 aliphatic heterocycles. The Hall–Kier alpha value is -3.44. The van der Waals surface area contributed by atoms with Crippen molar-refractivity contribution in [3.63, 3.8) is 0 Å². The van der Waals surface area contributed by atoms with Gasteiger partial charge in [0, 0.05) is 43.0 Å². The van der Waals surface area contributed by atoms with Gasteiger partial charge >= 0.3 is 0 Å². The molecule has 0 bridgehead atoms. The Balaban J connectivity index is 1.25. The van der Waals surface area contributed by atoms with Gasteiger partial charge in [0.25, 0.3) is 0 Å². The van der Waals surface area contributed by atoms with Crippen LogP contribution in [0.1, 0.15) is 12.1 Å². The zero-order valence-electron chi connectivity index (χ0n) is 16.3. The number of imidazole rings is 1. The van der Waals surface area contributed by atoms with Gasteiger partial charge in [-0.1, -0.05) is 0 Å². The van der Waals surface area contributed by atoms with Crippen LogP contribution in [-0.2, 0) is 0 Å². The van der Waals surface area contributed by atoms with E-state index >= 15 is 0 Å². The van der Waals surface area contributed by atoms with E-state index in [1.807, 2.05) is 16.8 Å². The zero-order chi connectivity index (χ0) is 19.8. The molecule has 1 N–H and O–H groups in total. The topological polar surface area (TPSA) is 85.9 Å². The molecule has 4 heterocycles. The maximum absolute atomic E-state index is 8.79. The van der Waals surface area contributed by atoms with Crippen LogP contribution < -0.4 is 10.2 Å². The molecule has 0 unspecified atom stereocenters. The molecule has 5 rings (SSSR count). The average molecular weight is 386 g/mol. The Morgan fingerprint density at radius 2 is 1.79 bits per heavy atom. The van der Waals surface area contributed by atoms with E-state index in [1.54, 1.807) is 6.33 Å². The first-order chi connectivity index (χ1) is 14.1. The van der Waals surface area contributed by atoms with E-state index in [9.17, 15) is 0 Å². The number of hydrogen-bond donors (Lipinski definition) is 1. The maximum atomic E-state index is 8.79. The van der Waals surface area contributed by atoms with Crippen LogP contribution in [0, 0.1) is 16.7 Å². The van der Waals surface area contributed by atoms with Gasteiger partial charge in [-0.3, -0.25) is 0 Å². The summed E-state index contributed by atoms with van der Waals surface area (Å²) in [6.07, 6.45) is 7.92. The van der Waals surface area contributed by atoms with Crippen molar-refractivity contribution in [3.05, 3.63) is 54.9 Å². The van der Waals surface area contributed by atoms with Crippen molar-refractivity contribution in [1.82, 2.24) is 24.4 Å². The first-order valence-electron chi connectivity index (χ1n) is 9.70. The monoisotopic (exact) mass is 386 g/mol. The van der Waals surface area contributed by atoms with Crippen LogP contribution >= 0.6 is 0 Å². The van der Waals surface area contributed by atoms with Gasteiger partial charge in [0.2, 0.25) is 0 Å². The van der Waals surface area contributed by atoms with Crippen LogP contribution in [0.25, 0.3) is 5.69 Å². The molecular weight excluding hydrogens is 364 g/mol. The lowest BCUT2D eigenvalue weighted by atomic mass is 9.79. The Kier molecular flexibility index (Phi) is 4.18. The number of anilines is 3. The Morgan fingerprint density at radius 1 is 1.00 bits per heavy atom. The van der Waals surface area contributed by atoms with Gasteiger partial charge in [-0.15, -0.1) is 0 Å². The molecule has 2 fully saturated rings. The second-order valence-electron chi connectivity index (χ2n) is 8.05. The molecule has 2 saturated heterocycles. The predicted octanol–water partition coefficient (Wildman–Crippen LogP) is 2.42. The Labute approximate surface area is 169 Å². The van der Waals surface area contributed by atoms with E-state index in [2.05, 4.69) is 61.4 Å². The number of nitriles is 1. The van der Waals surface area contributed by atoms with Crippen LogP contribution in [0.3, 0.4) is 0 Å². The number of aromatic nitrogens is 4. The summed E-state index contributed by atoms with van der Waals surface area (Å²) in [5, 5.41) is 11.9. The quantitative estimate of drug-likeness (QED) is 0.737. The number of rotatable bonds is 4. The van der Waals surface area contributed by atoms with Crippen LogP contribution in [0.5, 0.6) is 0 Å². The third-order valence-corrected chi connectivity index (χ3v) is 5.77. The highest BCUT2D eigenvalue weighted by atomic mass is 15.3. The highest BCUT2D eigenvalue weighted by Crippen LogP contribution is 2.40. The van der Waals surface area contributed by atoms with Crippen LogP contribution in [0.15, 0.2) is 49.2 Å². The minimum Gasteiger partial charge on any atom is -0.371 e. The minimum absolute atomic E-state index is 0.287. The van der Waals surface area contributed by atoms with Crippen molar-refractivity contribution in [3.8, 4) is 11.8 Å². The molecule has 0 saturated carbocycles. The highest BCUT2D eigenvalue weighted by Gasteiger charge is 2.46. The number of hydrogen-bond acceptors (Lipinski definition) is 7. The molecule has 0 atom stereocenters. The van der Waals surface area contributed by atoms with Gasteiger partial charge < -0.3 is 19.7 Å². The van der Waals surface area contributed by atoms with E-state index in [1.165, 1.54) is 37.6 Å². The fraction of sp³-hybridized carbons (Fsp3) is 0.333. The normalized spacial score (nSPS) is 17.9. The van der Waals surface area contributed by atoms with Crippen molar-refractivity contribution >= 4 is 17.3 Å². The molecule has 0 amide bonds. The van der Waals surface area contributed by atoms with Gasteiger partial charge in [0.05, 0.1) is 18.6 Å². The summed E-state index contributed by atoms with van der Waals surface area (Å²) in [6.45, 7) is 4.73. The first-order valence-corrected chi connectivity index (χ1v) is 9.70. The molecule has 146 valence electrons. The third-order valence-electron chi connectivity index (χ3n) is 5.77. The summed E-state index contributed by atoms with van der Waals surface area (Å²) in [5.41, 5.74) is 3.13. The molecule has 0 aliphatic carbocycles. The van der Waals surface area contributed by atoms with Crippen molar-refractivity contribution in [2.45, 2.75) is 6.42 Å². The molecule has 2 aliphatic rings. The molecule has 8 nitrogen and oxygen atoms in total. The number of nitrogens with one attached hydrogen (secondary N) is 1. The summed E-state index contributed by atoms with van der Waals surface area (Å²) in [4.78, 5) is 17.4. The van der Waals surface area contributed by atoms with E-state index in [0.717, 1.165) is 18.8 Å². The number of likely N-dealkylation sites (tertiary alicyclic amines) is 1. The molecule has 1 spiro atoms. The Bertz CT molecular complexity index is 1040. The van der Waals surface area contributed by atoms with E-state index < -0.39 is 0 Å². The average Bonchev–Trinajstić information content (AvgIpc) is 3.36. The second-order valence-corrected chi connectivity index (χ2v) is 8.05.